The van der Waals surface area contributed by atoms with Crippen LogP contribution in [-0.2, 0) is 0 Å². The molecular weight excluding hydrogens is 390 g/mol. The predicted molar refractivity (Wildman–Crippen MR) is 125 cm³/mol. The number of carbonyl (C=O) groups excluding carboxylic acids is 1. The molecule has 7 heteroatoms. The van der Waals surface area contributed by atoms with Crippen molar-refractivity contribution >= 4 is 23.0 Å². The van der Waals surface area contributed by atoms with Crippen molar-refractivity contribution in [2.45, 2.75) is 64.2 Å². The van der Waals surface area contributed by atoms with Gasteiger partial charge in [0, 0.05) is 43.8 Å². The fourth-order valence-corrected chi connectivity index (χ4v) is 5.06. The lowest BCUT2D eigenvalue weighted by Crippen LogP contribution is -2.64. The zero-order valence-electron chi connectivity index (χ0n) is 19.1. The van der Waals surface area contributed by atoms with Crippen LogP contribution in [0.4, 0.5) is 6.01 Å². The van der Waals surface area contributed by atoms with Gasteiger partial charge in [0.05, 0.1) is 5.56 Å². The molecule has 1 saturated carbocycles. The van der Waals surface area contributed by atoms with Crippen molar-refractivity contribution in [3.63, 3.8) is 0 Å². The van der Waals surface area contributed by atoms with Gasteiger partial charge in [0.2, 0.25) is 0 Å². The summed E-state index contributed by atoms with van der Waals surface area (Å²) in [4.78, 5) is 22.3. The molecule has 0 radical (unpaired) electrons. The minimum Gasteiger partial charge on any atom is -0.423 e. The minimum atomic E-state index is -0.0678. The number of nitrogens with zero attached hydrogens (tertiary/aromatic N) is 3. The topological polar surface area (TPSA) is 73.6 Å². The monoisotopic (exact) mass is 425 g/mol. The van der Waals surface area contributed by atoms with E-state index >= 15 is 0 Å². The standard InChI is InChI=1S/C22H29N5O2.C2H6/c1-4-14-12-27(9-8-23-14)22-25-20-16(6-5-7-19(20)29-22)21(28)24-15-10-17-13(2)18(11-15)26(17)3;1-2/h5-7,14-15,17-18,23H,2,4,8-12H2,1,3H3,(H,24,28);1-2H3/t14-,15?,17?,18?;/m0./s1. The average molecular weight is 426 g/mol. The van der Waals surface area contributed by atoms with Gasteiger partial charge < -0.3 is 20.0 Å². The Morgan fingerprint density at radius 1 is 1.32 bits per heavy atom. The molecule has 6 rings (SSSR count). The van der Waals surface area contributed by atoms with Crippen molar-refractivity contribution in [2.75, 3.05) is 31.6 Å². The van der Waals surface area contributed by atoms with Gasteiger partial charge >= 0.3 is 0 Å². The normalized spacial score (nSPS) is 28.0. The summed E-state index contributed by atoms with van der Waals surface area (Å²) in [6.07, 6.45) is 2.92. The number of carbonyl (C=O) groups is 1. The minimum absolute atomic E-state index is 0.0678. The molecule has 2 unspecified atom stereocenters. The van der Waals surface area contributed by atoms with Crippen molar-refractivity contribution in [3.05, 3.63) is 35.9 Å². The van der Waals surface area contributed by atoms with Crippen LogP contribution in [0, 0.1) is 0 Å². The van der Waals surface area contributed by atoms with E-state index in [-0.39, 0.29) is 11.9 Å². The summed E-state index contributed by atoms with van der Waals surface area (Å²) < 4.78 is 6.02. The molecule has 4 fully saturated rings. The fourth-order valence-electron chi connectivity index (χ4n) is 5.06. The fraction of sp³-hybridized carbons (Fsp3) is 0.583. The van der Waals surface area contributed by atoms with Crippen LogP contribution in [-0.4, -0.2) is 66.6 Å². The number of oxazole rings is 1. The molecule has 168 valence electrons. The Morgan fingerprint density at radius 3 is 2.74 bits per heavy atom. The molecule has 7 nitrogen and oxygen atoms in total. The first-order valence-electron chi connectivity index (χ1n) is 11.6. The summed E-state index contributed by atoms with van der Waals surface area (Å²) >= 11 is 0. The molecule has 1 aromatic carbocycles. The van der Waals surface area contributed by atoms with Crippen molar-refractivity contribution in [1.29, 1.82) is 0 Å². The van der Waals surface area contributed by atoms with E-state index in [1.165, 1.54) is 5.57 Å². The van der Waals surface area contributed by atoms with Gasteiger partial charge in [0.1, 0.15) is 5.52 Å². The Bertz CT molecular complexity index is 939. The number of fused-ring (bicyclic) bond motifs is 3. The Labute approximate surface area is 184 Å². The van der Waals surface area contributed by atoms with E-state index in [9.17, 15) is 4.79 Å². The van der Waals surface area contributed by atoms with E-state index in [4.69, 9.17) is 9.40 Å². The van der Waals surface area contributed by atoms with Gasteiger partial charge in [-0.05, 0) is 44.0 Å². The summed E-state index contributed by atoms with van der Waals surface area (Å²) in [6.45, 7) is 13.0. The maximum absolute atomic E-state index is 13.0. The molecular formula is C24H35N5O2. The number of para-hydroxylation sites is 1. The lowest BCUT2D eigenvalue weighted by atomic mass is 9.74. The Hall–Kier alpha value is -2.38. The molecule has 4 heterocycles. The Kier molecular flexibility index (Phi) is 6.34. The first kappa shape index (κ1) is 21.8. The number of piperidine rings is 1. The molecule has 1 aromatic heterocycles. The lowest BCUT2D eigenvalue weighted by Gasteiger charge is -2.55. The van der Waals surface area contributed by atoms with Crippen LogP contribution in [0.2, 0.25) is 0 Å². The second kappa shape index (κ2) is 9.01. The number of benzene rings is 1. The number of piperazine rings is 1. The number of anilines is 1. The summed E-state index contributed by atoms with van der Waals surface area (Å²) in [7, 11) is 2.14. The second-order valence-corrected chi connectivity index (χ2v) is 8.57. The smallest absolute Gasteiger partial charge is 0.298 e. The van der Waals surface area contributed by atoms with Crippen LogP contribution in [0.3, 0.4) is 0 Å². The summed E-state index contributed by atoms with van der Waals surface area (Å²) in [5, 5.41) is 6.73. The lowest BCUT2D eigenvalue weighted by molar-refractivity contribution is 0.0481. The van der Waals surface area contributed by atoms with E-state index in [2.05, 4.69) is 41.0 Å². The Morgan fingerprint density at radius 2 is 2.06 bits per heavy atom. The summed E-state index contributed by atoms with van der Waals surface area (Å²) in [5.74, 6) is -0.0678. The van der Waals surface area contributed by atoms with E-state index in [1.54, 1.807) is 0 Å². The third-order valence-electron chi connectivity index (χ3n) is 6.86. The third kappa shape index (κ3) is 3.96. The van der Waals surface area contributed by atoms with Gasteiger partial charge in [-0.2, -0.15) is 4.98 Å². The van der Waals surface area contributed by atoms with Gasteiger partial charge in [-0.3, -0.25) is 9.69 Å². The first-order valence-corrected chi connectivity index (χ1v) is 11.6. The molecule has 4 aliphatic rings. The van der Waals surface area contributed by atoms with Gasteiger partial charge in [0.15, 0.2) is 5.58 Å². The molecule has 2 aromatic rings. The molecule has 0 spiro atoms. The van der Waals surface area contributed by atoms with Crippen LogP contribution < -0.4 is 15.5 Å². The molecule has 1 aliphatic carbocycles. The molecule has 1 amide bonds. The highest BCUT2D eigenvalue weighted by atomic mass is 16.4. The summed E-state index contributed by atoms with van der Waals surface area (Å²) in [6, 6.07) is 7.61. The van der Waals surface area contributed by atoms with Gasteiger partial charge in [-0.25, -0.2) is 0 Å². The number of hydrogen-bond acceptors (Lipinski definition) is 6. The van der Waals surface area contributed by atoms with Crippen LogP contribution in [0.25, 0.3) is 11.1 Å². The van der Waals surface area contributed by atoms with Crippen molar-refractivity contribution in [2.24, 2.45) is 0 Å². The van der Waals surface area contributed by atoms with Crippen LogP contribution in [0.1, 0.15) is 50.4 Å². The molecule has 3 aliphatic heterocycles. The number of likely N-dealkylation sites (N-methyl/N-ethyl adjacent to an activating group) is 1. The van der Waals surface area contributed by atoms with Crippen molar-refractivity contribution in [1.82, 2.24) is 20.5 Å². The highest BCUT2D eigenvalue weighted by molar-refractivity contribution is 6.04. The number of aromatic nitrogens is 1. The van der Waals surface area contributed by atoms with E-state index in [0.29, 0.717) is 40.8 Å². The van der Waals surface area contributed by atoms with Gasteiger partial charge in [0.25, 0.3) is 11.9 Å². The highest BCUT2D eigenvalue weighted by Gasteiger charge is 2.46. The van der Waals surface area contributed by atoms with E-state index in [0.717, 1.165) is 38.9 Å². The number of amides is 1. The van der Waals surface area contributed by atoms with Crippen LogP contribution in [0.15, 0.2) is 34.8 Å². The van der Waals surface area contributed by atoms with Crippen molar-refractivity contribution in [3.8, 4) is 0 Å². The zero-order chi connectivity index (χ0) is 22.1. The van der Waals surface area contributed by atoms with E-state index in [1.807, 2.05) is 32.0 Å². The largest absolute Gasteiger partial charge is 0.423 e. The van der Waals surface area contributed by atoms with Crippen molar-refractivity contribution < 1.29 is 9.21 Å². The van der Waals surface area contributed by atoms with Gasteiger partial charge in [-0.15, -0.1) is 0 Å². The molecule has 3 atom stereocenters. The number of nitrogens with one attached hydrogen (secondary N) is 2. The SMILES string of the molecule is C=C1C2CC(NC(=O)c3cccc4oc(N5CCN[C@@H](CC)C5)nc34)CC1N2C.CC. The predicted octanol–water partition coefficient (Wildman–Crippen LogP) is 3.17. The first-order chi connectivity index (χ1) is 15.0. The third-order valence-corrected chi connectivity index (χ3v) is 6.86. The molecule has 2 bridgehead atoms. The number of rotatable bonds is 4. The maximum Gasteiger partial charge on any atom is 0.298 e. The molecule has 3 saturated heterocycles. The highest BCUT2D eigenvalue weighted by Crippen LogP contribution is 2.40. The average Bonchev–Trinajstić information content (AvgIpc) is 3.26. The summed E-state index contributed by atoms with van der Waals surface area (Å²) in [5.41, 5.74) is 3.21. The maximum atomic E-state index is 13.0. The second-order valence-electron chi connectivity index (χ2n) is 8.57. The number of hydrogen-bond donors (Lipinski definition) is 2. The zero-order valence-corrected chi connectivity index (χ0v) is 19.1. The quantitative estimate of drug-likeness (QED) is 0.733. The molecule has 31 heavy (non-hydrogen) atoms. The van der Waals surface area contributed by atoms with Crippen LogP contribution in [0.5, 0.6) is 0 Å². The molecule has 2 N–H and O–H groups in total. The van der Waals surface area contributed by atoms with Crippen LogP contribution >= 0.6 is 0 Å². The van der Waals surface area contributed by atoms with Gasteiger partial charge in [-0.1, -0.05) is 33.4 Å². The van der Waals surface area contributed by atoms with E-state index < -0.39 is 0 Å². The Balaban J connectivity index is 0.00000112.